The Labute approximate surface area is 415 Å². The SMILES string of the molecule is COC(=O)[C@@H](NC(=O)N1C(=O)[C@@]2(c3cc(C#CC4(O)CCCCCC4)ccc31)[C@H](c1ccc(O)cc1)N1[C@H](c3ccccc3)[C@H](c3ccccc3)OC(=O)[C@H]1[C@@H]2C(=O)Nc1nc2ccccc2s1)C(C)C. The maximum absolute atomic E-state index is 16.7. The Balaban J connectivity index is 1.27. The molecule has 1 aliphatic carbocycles. The average molecular weight is 972 g/mol. The van der Waals surface area contributed by atoms with Crippen LogP contribution in [0.15, 0.2) is 127 Å². The fraction of sp³-hybridized carbons (Fsp3) is 0.321. The van der Waals surface area contributed by atoms with Gasteiger partial charge in [0.1, 0.15) is 35.0 Å². The lowest BCUT2D eigenvalue weighted by molar-refractivity contribution is -0.177. The molecule has 10 rings (SSSR count). The number of imide groups is 1. The predicted molar refractivity (Wildman–Crippen MR) is 267 cm³/mol. The van der Waals surface area contributed by atoms with Crippen LogP contribution in [-0.4, -0.2) is 74.7 Å². The van der Waals surface area contributed by atoms with E-state index >= 15 is 19.2 Å². The Hall–Kier alpha value is -7.38. The molecule has 0 bridgehead atoms. The number of ether oxygens (including phenoxy) is 2. The van der Waals surface area contributed by atoms with Crippen molar-refractivity contribution in [2.75, 3.05) is 17.3 Å². The number of amides is 4. The lowest BCUT2D eigenvalue weighted by atomic mass is 9.65. The standard InChI is InChI=1S/C56H53N5O9S/c1-33(2)44(50(64)69-3)58-54(67)60-41-27-22-34(28-31-55(68)29-14-4-5-15-30-55)32-39(41)56(52(60)66)43(49(63)59-53-57-40-20-12-13-21-42(40)71-53)46-51(65)70-47(36-18-10-7-11-19-36)45(35-16-8-6-9-17-35)61(46)48(56)37-23-25-38(62)26-24-37/h6-13,16-27,32-33,43-48,62,68H,4-5,14-15,29-30H2,1-3H3,(H,58,67)(H,57,59,63)/t43-,44+,45-,46-,47+,48+,56-/m1/s1. The number of methoxy groups -OCH3 is 1. The third-order valence-electron chi connectivity index (χ3n) is 14.4. The van der Waals surface area contributed by atoms with E-state index in [4.69, 9.17) is 14.5 Å². The molecule has 3 aliphatic heterocycles. The number of morpholine rings is 1. The second-order valence-corrected chi connectivity index (χ2v) is 20.1. The summed E-state index contributed by atoms with van der Waals surface area (Å²) in [5.41, 5.74) is -0.338. The first-order valence-corrected chi connectivity index (χ1v) is 24.8. The summed E-state index contributed by atoms with van der Waals surface area (Å²) in [4.78, 5) is 84.1. The van der Waals surface area contributed by atoms with E-state index in [-0.39, 0.29) is 22.1 Å². The van der Waals surface area contributed by atoms with Crippen LogP contribution >= 0.6 is 11.3 Å². The second-order valence-electron chi connectivity index (χ2n) is 19.1. The largest absolute Gasteiger partial charge is 0.508 e. The number of anilines is 2. The number of carbonyl (C=O) groups is 5. The lowest BCUT2D eigenvalue weighted by Crippen LogP contribution is -2.57. The van der Waals surface area contributed by atoms with Gasteiger partial charge in [0.2, 0.25) is 11.8 Å². The first kappa shape index (κ1) is 47.3. The van der Waals surface area contributed by atoms with Crippen molar-refractivity contribution in [1.29, 1.82) is 0 Å². The highest BCUT2D eigenvalue weighted by Gasteiger charge is 2.75. The van der Waals surface area contributed by atoms with Gasteiger partial charge in [0.05, 0.1) is 41.0 Å². The maximum Gasteiger partial charge on any atom is 0.329 e. The van der Waals surface area contributed by atoms with Crippen molar-refractivity contribution in [3.05, 3.63) is 155 Å². The molecule has 1 spiro atoms. The molecule has 1 aromatic heterocycles. The minimum atomic E-state index is -2.16. The molecular weight excluding hydrogens is 919 g/mol. The van der Waals surface area contributed by atoms with Crippen LogP contribution < -0.4 is 15.5 Å². The summed E-state index contributed by atoms with van der Waals surface area (Å²) in [5, 5.41) is 28.6. The van der Waals surface area contributed by atoms with E-state index in [0.29, 0.717) is 40.6 Å². The van der Waals surface area contributed by atoms with Crippen LogP contribution in [0.2, 0.25) is 0 Å². The minimum absolute atomic E-state index is 0.0713. The van der Waals surface area contributed by atoms with Gasteiger partial charge >= 0.3 is 18.0 Å². The number of hydrogen-bond donors (Lipinski definition) is 4. The number of aliphatic hydroxyl groups is 1. The molecule has 4 N–H and O–H groups in total. The molecule has 6 aromatic rings. The third-order valence-corrected chi connectivity index (χ3v) is 15.4. The lowest BCUT2D eigenvalue weighted by Gasteiger charge is -2.46. The van der Waals surface area contributed by atoms with E-state index in [1.807, 2.05) is 89.8 Å². The van der Waals surface area contributed by atoms with Gasteiger partial charge in [-0.15, -0.1) is 0 Å². The van der Waals surface area contributed by atoms with Crippen molar-refractivity contribution in [2.24, 2.45) is 11.8 Å². The van der Waals surface area contributed by atoms with E-state index in [9.17, 15) is 15.0 Å². The zero-order valence-corrected chi connectivity index (χ0v) is 40.2. The monoisotopic (exact) mass is 971 g/mol. The molecule has 4 heterocycles. The van der Waals surface area contributed by atoms with Crippen LogP contribution in [0.5, 0.6) is 5.75 Å². The molecule has 4 aliphatic rings. The number of thiazole rings is 1. The molecule has 71 heavy (non-hydrogen) atoms. The molecular formula is C56H53N5O9S. The number of hydrogen-bond acceptors (Lipinski definition) is 12. The van der Waals surface area contributed by atoms with E-state index < -0.39 is 82.9 Å². The number of phenolic OH excluding ortho intramolecular Hbond substituents is 1. The number of phenols is 1. The van der Waals surface area contributed by atoms with Crippen molar-refractivity contribution in [2.45, 2.75) is 93.7 Å². The smallest absolute Gasteiger partial charge is 0.329 e. The van der Waals surface area contributed by atoms with Gasteiger partial charge in [-0.25, -0.2) is 19.5 Å². The van der Waals surface area contributed by atoms with Gasteiger partial charge in [0, 0.05) is 5.56 Å². The number of urea groups is 1. The summed E-state index contributed by atoms with van der Waals surface area (Å²) in [6.45, 7) is 3.46. The molecule has 1 saturated carbocycles. The van der Waals surface area contributed by atoms with Crippen LogP contribution in [0, 0.1) is 23.7 Å². The van der Waals surface area contributed by atoms with Gasteiger partial charge in [-0.3, -0.25) is 19.3 Å². The van der Waals surface area contributed by atoms with Gasteiger partial charge < -0.3 is 30.3 Å². The summed E-state index contributed by atoms with van der Waals surface area (Å²) >= 11 is 1.22. The summed E-state index contributed by atoms with van der Waals surface area (Å²) in [6, 6.07) is 31.4. The van der Waals surface area contributed by atoms with Crippen LogP contribution in [-0.2, 0) is 34.1 Å². The molecule has 2 saturated heterocycles. The van der Waals surface area contributed by atoms with Gasteiger partial charge in [-0.05, 0) is 96.3 Å². The Kier molecular flexibility index (Phi) is 12.7. The molecule has 0 unspecified atom stereocenters. The van der Waals surface area contributed by atoms with Crippen molar-refractivity contribution in [1.82, 2.24) is 15.2 Å². The zero-order chi connectivity index (χ0) is 49.6. The Bertz CT molecular complexity index is 3060. The van der Waals surface area contributed by atoms with Crippen molar-refractivity contribution < 1.29 is 43.7 Å². The number of esters is 2. The van der Waals surface area contributed by atoms with Crippen molar-refractivity contribution in [3.63, 3.8) is 0 Å². The highest BCUT2D eigenvalue weighted by atomic mass is 32.1. The molecule has 14 nitrogen and oxygen atoms in total. The van der Waals surface area contributed by atoms with E-state index in [1.54, 1.807) is 44.2 Å². The van der Waals surface area contributed by atoms with E-state index in [0.717, 1.165) is 35.3 Å². The molecule has 15 heteroatoms. The quantitative estimate of drug-likeness (QED) is 0.0650. The number of cyclic esters (lactones) is 1. The summed E-state index contributed by atoms with van der Waals surface area (Å²) < 4.78 is 12.5. The summed E-state index contributed by atoms with van der Waals surface area (Å²) in [6.07, 6.45) is 3.57. The van der Waals surface area contributed by atoms with Gasteiger partial charge in [0.15, 0.2) is 5.13 Å². The normalized spacial score (nSPS) is 24.0. The van der Waals surface area contributed by atoms with Gasteiger partial charge in [-0.2, -0.15) is 0 Å². The van der Waals surface area contributed by atoms with E-state index in [1.165, 1.54) is 30.6 Å². The molecule has 3 fully saturated rings. The molecule has 362 valence electrons. The topological polar surface area (TPSA) is 188 Å². The maximum atomic E-state index is 16.7. The predicted octanol–water partition coefficient (Wildman–Crippen LogP) is 8.65. The Morgan fingerprint density at radius 2 is 1.49 bits per heavy atom. The fourth-order valence-corrected chi connectivity index (χ4v) is 12.1. The molecule has 4 amide bonds. The fourth-order valence-electron chi connectivity index (χ4n) is 11.2. The van der Waals surface area contributed by atoms with Gasteiger partial charge in [0.25, 0.3) is 0 Å². The number of carbonyl (C=O) groups excluding carboxylic acids is 5. The van der Waals surface area contributed by atoms with Crippen LogP contribution in [0.1, 0.15) is 98.4 Å². The zero-order valence-electron chi connectivity index (χ0n) is 39.4. The highest BCUT2D eigenvalue weighted by molar-refractivity contribution is 7.22. The molecule has 0 radical (unpaired) electrons. The highest BCUT2D eigenvalue weighted by Crippen LogP contribution is 2.66. The second kappa shape index (κ2) is 19.1. The van der Waals surface area contributed by atoms with Crippen LogP contribution in [0.3, 0.4) is 0 Å². The third kappa shape index (κ3) is 8.39. The van der Waals surface area contributed by atoms with Gasteiger partial charge in [-0.1, -0.05) is 135 Å². The van der Waals surface area contributed by atoms with Crippen LogP contribution in [0.4, 0.5) is 15.6 Å². The first-order valence-electron chi connectivity index (χ1n) is 24.0. The number of rotatable bonds is 8. The number of para-hydroxylation sites is 1. The van der Waals surface area contributed by atoms with Crippen LogP contribution in [0.25, 0.3) is 10.2 Å². The Morgan fingerprint density at radius 1 is 0.831 bits per heavy atom. The number of aromatic hydroxyl groups is 1. The number of nitrogens with one attached hydrogen (secondary N) is 2. The van der Waals surface area contributed by atoms with Crippen molar-refractivity contribution in [3.8, 4) is 17.6 Å². The summed E-state index contributed by atoms with van der Waals surface area (Å²) in [5.74, 6) is 1.02. The summed E-state index contributed by atoms with van der Waals surface area (Å²) in [7, 11) is 1.21. The first-order chi connectivity index (χ1) is 34.3. The van der Waals surface area contributed by atoms with Crippen molar-refractivity contribution >= 4 is 62.2 Å². The average Bonchev–Trinajstić information content (AvgIpc) is 3.95. The minimum Gasteiger partial charge on any atom is -0.508 e. The number of nitrogens with zero attached hydrogens (tertiary/aromatic N) is 3. The number of benzene rings is 5. The number of fused-ring (bicyclic) bond motifs is 4. The molecule has 7 atom stereocenters. The van der Waals surface area contributed by atoms with E-state index in [2.05, 4.69) is 22.5 Å². The Morgan fingerprint density at radius 3 is 2.15 bits per heavy atom. The molecule has 5 aromatic carbocycles. The number of aromatic nitrogens is 1.